The molecule has 0 spiro atoms. The number of carbonyl (C=O) groups is 1. The second-order valence-electron chi connectivity index (χ2n) is 7.42. The molecule has 0 bridgehead atoms. The fourth-order valence-corrected chi connectivity index (χ4v) is 5.48. The van der Waals surface area contributed by atoms with Crippen LogP contribution in [-0.2, 0) is 21.2 Å². The molecule has 6 heteroatoms. The predicted molar refractivity (Wildman–Crippen MR) is 92.4 cm³/mol. The topological polar surface area (TPSA) is 57.7 Å². The van der Waals surface area contributed by atoms with Crippen LogP contribution in [0.3, 0.4) is 0 Å². The number of nitrogens with zero attached hydrogens (tertiary/aromatic N) is 2. The fraction of sp³-hybridized carbons (Fsp3) is 0.611. The van der Waals surface area contributed by atoms with Crippen molar-refractivity contribution in [2.45, 2.75) is 43.9 Å². The van der Waals surface area contributed by atoms with Gasteiger partial charge >= 0.3 is 0 Å². The van der Waals surface area contributed by atoms with E-state index in [0.29, 0.717) is 30.4 Å². The highest BCUT2D eigenvalue weighted by molar-refractivity contribution is 7.89. The summed E-state index contributed by atoms with van der Waals surface area (Å²) in [5.74, 6) is 0.804. The van der Waals surface area contributed by atoms with Crippen molar-refractivity contribution in [3.8, 4) is 0 Å². The Morgan fingerprint density at radius 3 is 2.67 bits per heavy atom. The van der Waals surface area contributed by atoms with Crippen molar-refractivity contribution < 1.29 is 13.2 Å². The van der Waals surface area contributed by atoms with Gasteiger partial charge in [0.2, 0.25) is 15.9 Å². The maximum atomic E-state index is 12.9. The maximum Gasteiger partial charge on any atom is 0.243 e. The van der Waals surface area contributed by atoms with Gasteiger partial charge in [0, 0.05) is 31.2 Å². The first-order valence-corrected chi connectivity index (χ1v) is 10.4. The smallest absolute Gasteiger partial charge is 0.243 e. The van der Waals surface area contributed by atoms with E-state index in [1.165, 1.54) is 0 Å². The third-order valence-electron chi connectivity index (χ3n) is 5.40. The van der Waals surface area contributed by atoms with Crippen LogP contribution in [0, 0.1) is 11.8 Å². The summed E-state index contributed by atoms with van der Waals surface area (Å²) < 4.78 is 27.4. The lowest BCUT2D eigenvalue weighted by atomic mass is 10.0. The molecule has 3 aliphatic rings. The number of hydrogen-bond acceptors (Lipinski definition) is 3. The first-order chi connectivity index (χ1) is 11.5. The largest absolute Gasteiger partial charge is 0.312 e. The quantitative estimate of drug-likeness (QED) is 0.843. The van der Waals surface area contributed by atoms with Gasteiger partial charge in [0.1, 0.15) is 0 Å². The molecular weight excluding hydrogens is 324 g/mol. The summed E-state index contributed by atoms with van der Waals surface area (Å²) in [7, 11) is -3.43. The highest BCUT2D eigenvalue weighted by atomic mass is 32.2. The van der Waals surface area contributed by atoms with Crippen molar-refractivity contribution in [2.75, 3.05) is 24.5 Å². The summed E-state index contributed by atoms with van der Waals surface area (Å²) in [6, 6.07) is 5.28. The van der Waals surface area contributed by atoms with Gasteiger partial charge in [-0.3, -0.25) is 4.79 Å². The molecular formula is C18H24N2O3S. The van der Waals surface area contributed by atoms with E-state index in [0.717, 1.165) is 43.4 Å². The summed E-state index contributed by atoms with van der Waals surface area (Å²) in [6.07, 6.45) is 4.74. The Morgan fingerprint density at radius 2 is 1.96 bits per heavy atom. The maximum absolute atomic E-state index is 12.9. The number of rotatable bonds is 3. The SMILES string of the molecule is CC1CCCN(S(=O)(=O)c2ccc3c(c2)CCN3C(=O)C2CC2)C1. The van der Waals surface area contributed by atoms with E-state index < -0.39 is 10.0 Å². The molecule has 24 heavy (non-hydrogen) atoms. The van der Waals surface area contributed by atoms with Gasteiger partial charge in [-0.25, -0.2) is 8.42 Å². The van der Waals surface area contributed by atoms with Gasteiger partial charge < -0.3 is 4.90 Å². The van der Waals surface area contributed by atoms with Crippen molar-refractivity contribution in [1.29, 1.82) is 0 Å². The minimum absolute atomic E-state index is 0.189. The zero-order valence-corrected chi connectivity index (χ0v) is 14.9. The number of benzene rings is 1. The Labute approximate surface area is 143 Å². The molecule has 5 nitrogen and oxygen atoms in total. The second kappa shape index (κ2) is 5.85. The Hall–Kier alpha value is -1.40. The normalized spacial score (nSPS) is 24.9. The summed E-state index contributed by atoms with van der Waals surface area (Å²) in [5.41, 5.74) is 1.88. The number of sulfonamides is 1. The molecule has 2 fully saturated rings. The third kappa shape index (κ3) is 2.75. The first-order valence-electron chi connectivity index (χ1n) is 8.91. The Kier molecular flexibility index (Phi) is 3.92. The minimum Gasteiger partial charge on any atom is -0.312 e. The van der Waals surface area contributed by atoms with Crippen molar-refractivity contribution in [3.63, 3.8) is 0 Å². The van der Waals surface area contributed by atoms with Gasteiger partial charge in [-0.1, -0.05) is 6.92 Å². The van der Waals surface area contributed by atoms with Gasteiger partial charge in [0.15, 0.2) is 0 Å². The zero-order valence-electron chi connectivity index (χ0n) is 14.1. The lowest BCUT2D eigenvalue weighted by molar-refractivity contribution is -0.119. The highest BCUT2D eigenvalue weighted by Gasteiger charge is 2.37. The summed E-state index contributed by atoms with van der Waals surface area (Å²) >= 11 is 0. The molecule has 1 saturated carbocycles. The number of anilines is 1. The lowest BCUT2D eigenvalue weighted by Crippen LogP contribution is -2.39. The number of fused-ring (bicyclic) bond motifs is 1. The fourth-order valence-electron chi connectivity index (χ4n) is 3.83. The van der Waals surface area contributed by atoms with Crippen LogP contribution in [0.1, 0.15) is 38.2 Å². The van der Waals surface area contributed by atoms with Gasteiger partial charge in [-0.05, 0) is 61.8 Å². The number of carbonyl (C=O) groups excluding carboxylic acids is 1. The van der Waals surface area contributed by atoms with Crippen molar-refractivity contribution in [2.24, 2.45) is 11.8 Å². The van der Waals surface area contributed by atoms with E-state index >= 15 is 0 Å². The molecule has 0 aromatic heterocycles. The Balaban J connectivity index is 1.60. The Morgan fingerprint density at radius 1 is 1.17 bits per heavy atom. The predicted octanol–water partition coefficient (Wildman–Crippen LogP) is 2.41. The first kappa shape index (κ1) is 16.1. The van der Waals surface area contributed by atoms with Crippen LogP contribution in [0.4, 0.5) is 5.69 Å². The average Bonchev–Trinajstić information content (AvgIpc) is 3.33. The van der Waals surface area contributed by atoms with Crippen LogP contribution in [0.15, 0.2) is 23.1 Å². The highest BCUT2D eigenvalue weighted by Crippen LogP contribution is 2.37. The molecule has 1 atom stereocenters. The molecule has 0 radical (unpaired) electrons. The second-order valence-corrected chi connectivity index (χ2v) is 9.35. The van der Waals surface area contributed by atoms with Crippen molar-refractivity contribution in [1.82, 2.24) is 4.31 Å². The molecule has 1 saturated heterocycles. The van der Waals surface area contributed by atoms with Crippen LogP contribution >= 0.6 is 0 Å². The molecule has 2 heterocycles. The van der Waals surface area contributed by atoms with Crippen LogP contribution in [0.25, 0.3) is 0 Å². The summed E-state index contributed by atoms with van der Waals surface area (Å²) in [4.78, 5) is 14.5. The van der Waals surface area contributed by atoms with E-state index in [-0.39, 0.29) is 11.8 Å². The molecule has 1 aromatic carbocycles. The van der Waals surface area contributed by atoms with E-state index in [4.69, 9.17) is 0 Å². The molecule has 0 N–H and O–H groups in total. The average molecular weight is 348 g/mol. The number of hydrogen-bond donors (Lipinski definition) is 0. The molecule has 130 valence electrons. The molecule has 2 aliphatic heterocycles. The van der Waals surface area contributed by atoms with Crippen LogP contribution in [0.5, 0.6) is 0 Å². The van der Waals surface area contributed by atoms with Gasteiger partial charge in [0.25, 0.3) is 0 Å². The molecule has 1 amide bonds. The summed E-state index contributed by atoms with van der Waals surface area (Å²) in [5, 5.41) is 0. The van der Waals surface area contributed by atoms with Gasteiger partial charge in [-0.15, -0.1) is 0 Å². The van der Waals surface area contributed by atoms with Crippen molar-refractivity contribution >= 4 is 21.6 Å². The van der Waals surface area contributed by atoms with Crippen molar-refractivity contribution in [3.05, 3.63) is 23.8 Å². The van der Waals surface area contributed by atoms with Crippen LogP contribution in [-0.4, -0.2) is 38.3 Å². The van der Waals surface area contributed by atoms with E-state index in [2.05, 4.69) is 6.92 Å². The minimum atomic E-state index is -3.43. The van der Waals surface area contributed by atoms with Crippen LogP contribution < -0.4 is 4.90 Å². The zero-order chi connectivity index (χ0) is 16.9. The van der Waals surface area contributed by atoms with E-state index in [1.54, 1.807) is 16.4 Å². The monoisotopic (exact) mass is 348 g/mol. The van der Waals surface area contributed by atoms with E-state index in [9.17, 15) is 13.2 Å². The molecule has 1 unspecified atom stereocenters. The molecule has 4 rings (SSSR count). The molecule has 1 aromatic rings. The van der Waals surface area contributed by atoms with Gasteiger partial charge in [0.05, 0.1) is 4.90 Å². The third-order valence-corrected chi connectivity index (χ3v) is 7.26. The lowest BCUT2D eigenvalue weighted by Gasteiger charge is -2.30. The van der Waals surface area contributed by atoms with E-state index in [1.807, 2.05) is 11.0 Å². The molecule has 1 aliphatic carbocycles. The number of amides is 1. The standard InChI is InChI=1S/C18H24N2O3S/c1-13-3-2-9-19(12-13)24(22,23)16-6-7-17-15(11-16)8-10-20(17)18(21)14-4-5-14/h6-7,11,13-14H,2-5,8-10,12H2,1H3. The number of piperidine rings is 1. The van der Waals surface area contributed by atoms with Gasteiger partial charge in [-0.2, -0.15) is 4.31 Å². The summed E-state index contributed by atoms with van der Waals surface area (Å²) in [6.45, 7) is 3.99. The van der Waals surface area contributed by atoms with Crippen LogP contribution in [0.2, 0.25) is 0 Å². The Bertz CT molecular complexity index is 770.